The van der Waals surface area contributed by atoms with E-state index in [-0.39, 0.29) is 19.2 Å². The Labute approximate surface area is 125 Å². The maximum absolute atomic E-state index is 13.1. The Balaban J connectivity index is 2.52. The number of halogens is 1. The average Bonchev–Trinajstić information content (AvgIpc) is 2.44. The van der Waals surface area contributed by atoms with Crippen LogP contribution in [0.2, 0.25) is 0 Å². The van der Waals surface area contributed by atoms with Crippen molar-refractivity contribution in [2.24, 2.45) is 11.5 Å². The zero-order chi connectivity index (χ0) is 15.8. The quantitative estimate of drug-likeness (QED) is 0.497. The van der Waals surface area contributed by atoms with E-state index in [0.29, 0.717) is 12.3 Å². The van der Waals surface area contributed by atoms with Gasteiger partial charge in [-0.15, -0.1) is 0 Å². The van der Waals surface area contributed by atoms with Gasteiger partial charge in [0, 0.05) is 19.1 Å². The summed E-state index contributed by atoms with van der Waals surface area (Å²) in [5, 5.41) is 12.5. The highest BCUT2D eigenvalue weighted by molar-refractivity contribution is 5.34. The Morgan fingerprint density at radius 3 is 2.71 bits per heavy atom. The maximum atomic E-state index is 13.1. The summed E-state index contributed by atoms with van der Waals surface area (Å²) in [6.45, 7) is 4.20. The molecule has 1 rings (SSSR count). The molecule has 0 bridgehead atoms. The second-order valence-electron chi connectivity index (χ2n) is 5.31. The minimum atomic E-state index is -1.16. The molecular weight excluding hydrogens is 273 g/mol. The molecule has 0 radical (unpaired) electrons. The summed E-state index contributed by atoms with van der Waals surface area (Å²) >= 11 is 0. The second kappa shape index (κ2) is 8.94. The third-order valence-electron chi connectivity index (χ3n) is 3.06. The molecule has 0 aliphatic heterocycles. The number of aliphatic hydroxyl groups excluding tert-OH is 1. The Morgan fingerprint density at radius 1 is 1.38 bits per heavy atom. The third kappa shape index (κ3) is 6.86. The predicted octanol–water partition coefficient (Wildman–Crippen LogP) is 0.468. The van der Waals surface area contributed by atoms with Gasteiger partial charge in [0.25, 0.3) is 0 Å². The molecule has 5 nitrogen and oxygen atoms in total. The molecule has 120 valence electrons. The smallest absolute Gasteiger partial charge is 0.146 e. The highest BCUT2D eigenvalue weighted by Crippen LogP contribution is 2.17. The molecule has 0 saturated carbocycles. The normalized spacial score (nSPS) is 15.5. The molecule has 0 saturated heterocycles. The average molecular weight is 299 g/mol. The van der Waals surface area contributed by atoms with E-state index in [1.54, 1.807) is 6.92 Å². The molecule has 2 unspecified atom stereocenters. The van der Waals surface area contributed by atoms with Gasteiger partial charge in [-0.05, 0) is 43.5 Å². The first-order valence-corrected chi connectivity index (χ1v) is 7.17. The van der Waals surface area contributed by atoms with Gasteiger partial charge in [-0.3, -0.25) is 5.32 Å². The van der Waals surface area contributed by atoms with Crippen LogP contribution < -0.4 is 21.5 Å². The number of aliphatic hydroxyl groups is 1. The van der Waals surface area contributed by atoms with Crippen molar-refractivity contribution in [3.8, 4) is 5.75 Å². The van der Waals surface area contributed by atoms with Crippen LogP contribution in [0.1, 0.15) is 18.1 Å². The van der Waals surface area contributed by atoms with E-state index < -0.39 is 12.4 Å². The lowest BCUT2D eigenvalue weighted by Gasteiger charge is -2.16. The summed E-state index contributed by atoms with van der Waals surface area (Å²) in [6.07, 6.45) is -1.16. The Morgan fingerprint density at radius 2 is 2.10 bits per heavy atom. The summed E-state index contributed by atoms with van der Waals surface area (Å²) in [4.78, 5) is 0. The monoisotopic (exact) mass is 299 g/mol. The van der Waals surface area contributed by atoms with Crippen LogP contribution in [0.4, 0.5) is 4.39 Å². The van der Waals surface area contributed by atoms with Gasteiger partial charge >= 0.3 is 0 Å². The van der Waals surface area contributed by atoms with Crippen LogP contribution in [-0.4, -0.2) is 43.2 Å². The molecular formula is C15H26FN3O2. The van der Waals surface area contributed by atoms with Gasteiger partial charge < -0.3 is 21.3 Å². The van der Waals surface area contributed by atoms with Crippen LogP contribution in [0.15, 0.2) is 18.2 Å². The molecule has 0 spiro atoms. The summed E-state index contributed by atoms with van der Waals surface area (Å²) in [5.74, 6) is 0.633. The van der Waals surface area contributed by atoms with Crippen LogP contribution in [0.3, 0.4) is 0 Å². The Hall–Kier alpha value is -1.21. The topological polar surface area (TPSA) is 93.5 Å². The van der Waals surface area contributed by atoms with Gasteiger partial charge in [0.1, 0.15) is 24.8 Å². The molecule has 0 aromatic heterocycles. The minimum Gasteiger partial charge on any atom is -0.490 e. The largest absolute Gasteiger partial charge is 0.490 e. The van der Waals surface area contributed by atoms with Crippen molar-refractivity contribution in [3.05, 3.63) is 29.3 Å². The van der Waals surface area contributed by atoms with Gasteiger partial charge in [0.05, 0.1) is 0 Å². The second-order valence-corrected chi connectivity index (χ2v) is 5.31. The van der Waals surface area contributed by atoms with Crippen LogP contribution in [-0.2, 0) is 6.42 Å². The fraction of sp³-hybridized carbons (Fsp3) is 0.600. The van der Waals surface area contributed by atoms with Gasteiger partial charge in [0.2, 0.25) is 0 Å². The maximum Gasteiger partial charge on any atom is 0.146 e. The van der Waals surface area contributed by atoms with Gasteiger partial charge in [-0.2, -0.15) is 0 Å². The lowest BCUT2D eigenvalue weighted by atomic mass is 10.1. The third-order valence-corrected chi connectivity index (χ3v) is 3.06. The molecule has 1 aromatic carbocycles. The molecule has 0 amide bonds. The number of nitrogens with two attached hydrogens (primary N) is 2. The number of rotatable bonds is 9. The molecule has 3 atom stereocenters. The fourth-order valence-corrected chi connectivity index (χ4v) is 1.86. The zero-order valence-electron chi connectivity index (χ0n) is 12.7. The Kier molecular flexibility index (Phi) is 7.60. The van der Waals surface area contributed by atoms with Crippen molar-refractivity contribution in [2.45, 2.75) is 38.7 Å². The van der Waals surface area contributed by atoms with Crippen molar-refractivity contribution < 1.29 is 14.2 Å². The molecule has 0 fully saturated rings. The van der Waals surface area contributed by atoms with Crippen molar-refractivity contribution >= 4 is 0 Å². The summed E-state index contributed by atoms with van der Waals surface area (Å²) in [7, 11) is 0. The lowest BCUT2D eigenvalue weighted by molar-refractivity contribution is 0.116. The number of alkyl halides is 1. The SMILES string of the molecule is Cc1cc(CCNC(O)C(C)N)cc(OC[C@H](F)CN)c1. The van der Waals surface area contributed by atoms with Crippen LogP contribution in [0.25, 0.3) is 0 Å². The molecule has 6 heteroatoms. The van der Waals surface area contributed by atoms with Crippen molar-refractivity contribution in [2.75, 3.05) is 19.7 Å². The Bertz CT molecular complexity index is 429. The molecule has 0 aliphatic rings. The summed E-state index contributed by atoms with van der Waals surface area (Å²) in [6, 6.07) is 5.44. The van der Waals surface area contributed by atoms with E-state index in [0.717, 1.165) is 17.5 Å². The highest BCUT2D eigenvalue weighted by Gasteiger charge is 2.09. The first-order chi connectivity index (χ1) is 9.92. The van der Waals surface area contributed by atoms with E-state index in [4.69, 9.17) is 16.2 Å². The summed E-state index contributed by atoms with van der Waals surface area (Å²) in [5.41, 5.74) is 12.9. The standard InChI is InChI=1S/C15H26FN3O2/c1-10-5-12(3-4-19-15(20)11(2)18)7-14(6-10)21-9-13(16)8-17/h5-7,11,13,15,19-20H,3-4,8-9,17-18H2,1-2H3/t11?,13-,15?/m1/s1. The van der Waals surface area contributed by atoms with Crippen molar-refractivity contribution in [1.82, 2.24) is 5.32 Å². The van der Waals surface area contributed by atoms with Crippen LogP contribution >= 0.6 is 0 Å². The fourth-order valence-electron chi connectivity index (χ4n) is 1.86. The van der Waals surface area contributed by atoms with E-state index in [1.165, 1.54) is 0 Å². The van der Waals surface area contributed by atoms with E-state index >= 15 is 0 Å². The molecule has 1 aromatic rings. The number of hydrogen-bond donors (Lipinski definition) is 4. The first-order valence-electron chi connectivity index (χ1n) is 7.17. The number of aryl methyl sites for hydroxylation is 1. The van der Waals surface area contributed by atoms with Crippen molar-refractivity contribution in [3.63, 3.8) is 0 Å². The van der Waals surface area contributed by atoms with E-state index in [2.05, 4.69) is 5.32 Å². The molecule has 21 heavy (non-hydrogen) atoms. The molecule has 6 N–H and O–H groups in total. The lowest BCUT2D eigenvalue weighted by Crippen LogP contribution is -2.43. The van der Waals surface area contributed by atoms with E-state index in [9.17, 15) is 9.50 Å². The van der Waals surface area contributed by atoms with E-state index in [1.807, 2.05) is 25.1 Å². The molecule has 0 aliphatic carbocycles. The van der Waals surface area contributed by atoms with Gasteiger partial charge in [0.15, 0.2) is 0 Å². The minimum absolute atomic E-state index is 0.0406. The summed E-state index contributed by atoms with van der Waals surface area (Å²) < 4.78 is 18.5. The van der Waals surface area contributed by atoms with Gasteiger partial charge in [-0.25, -0.2) is 4.39 Å². The number of nitrogens with one attached hydrogen (secondary N) is 1. The van der Waals surface area contributed by atoms with Crippen molar-refractivity contribution in [1.29, 1.82) is 0 Å². The van der Waals surface area contributed by atoms with Crippen LogP contribution in [0.5, 0.6) is 5.75 Å². The van der Waals surface area contributed by atoms with Gasteiger partial charge in [-0.1, -0.05) is 6.07 Å². The highest BCUT2D eigenvalue weighted by atomic mass is 19.1. The number of ether oxygens (including phenoxy) is 1. The first kappa shape index (κ1) is 17.8. The molecule has 0 heterocycles. The number of hydrogen-bond acceptors (Lipinski definition) is 5. The van der Waals surface area contributed by atoms with Crippen LogP contribution in [0, 0.1) is 6.92 Å². The number of benzene rings is 1. The predicted molar refractivity (Wildman–Crippen MR) is 82.0 cm³/mol. The zero-order valence-corrected chi connectivity index (χ0v) is 12.7.